The summed E-state index contributed by atoms with van der Waals surface area (Å²) in [6, 6.07) is 9.91. The van der Waals surface area contributed by atoms with Gasteiger partial charge in [-0.05, 0) is 38.0 Å². The Kier molecular flexibility index (Phi) is 5.72. The fourth-order valence-corrected chi connectivity index (χ4v) is 3.76. The van der Waals surface area contributed by atoms with Crippen molar-refractivity contribution in [1.29, 1.82) is 5.26 Å². The fourth-order valence-electron chi connectivity index (χ4n) is 3.76. The average molecular weight is 341 g/mol. The molecule has 5 heteroatoms. The number of ether oxygens (including phenoxy) is 1. The number of amides is 1. The van der Waals surface area contributed by atoms with Gasteiger partial charge in [0.1, 0.15) is 0 Å². The number of likely N-dealkylation sites (tertiary alicyclic amines) is 1. The van der Waals surface area contributed by atoms with E-state index in [1.54, 1.807) is 12.1 Å². The van der Waals surface area contributed by atoms with Gasteiger partial charge in [-0.25, -0.2) is 0 Å². The van der Waals surface area contributed by atoms with Crippen LogP contribution in [-0.2, 0) is 16.0 Å². The van der Waals surface area contributed by atoms with Gasteiger partial charge < -0.3 is 9.64 Å². The van der Waals surface area contributed by atoms with E-state index in [0.29, 0.717) is 30.5 Å². The van der Waals surface area contributed by atoms with Gasteiger partial charge in [0.15, 0.2) is 0 Å². The molecule has 2 saturated heterocycles. The third-order valence-corrected chi connectivity index (χ3v) is 5.40. The van der Waals surface area contributed by atoms with Gasteiger partial charge in [-0.15, -0.1) is 0 Å². The number of rotatable bonds is 3. The molecule has 5 nitrogen and oxygen atoms in total. The Morgan fingerprint density at radius 3 is 2.72 bits per heavy atom. The summed E-state index contributed by atoms with van der Waals surface area (Å²) in [5.41, 5.74) is 1.58. The topological polar surface area (TPSA) is 56.6 Å². The number of nitriles is 1. The largest absolute Gasteiger partial charge is 0.375 e. The van der Waals surface area contributed by atoms with Gasteiger partial charge in [0.2, 0.25) is 5.91 Å². The number of nitrogens with zero attached hydrogens (tertiary/aromatic N) is 3. The predicted molar refractivity (Wildman–Crippen MR) is 96.0 cm³/mol. The molecule has 0 aliphatic carbocycles. The van der Waals surface area contributed by atoms with Crippen molar-refractivity contribution in [2.24, 2.45) is 5.92 Å². The van der Waals surface area contributed by atoms with Crippen molar-refractivity contribution in [2.45, 2.75) is 38.8 Å². The molecule has 25 heavy (non-hydrogen) atoms. The third kappa shape index (κ3) is 4.39. The van der Waals surface area contributed by atoms with Crippen molar-refractivity contribution in [1.82, 2.24) is 9.80 Å². The lowest BCUT2D eigenvalue weighted by molar-refractivity contribution is -0.136. The second kappa shape index (κ2) is 7.99. The molecule has 0 spiro atoms. The van der Waals surface area contributed by atoms with Crippen LogP contribution in [0.2, 0.25) is 0 Å². The van der Waals surface area contributed by atoms with Crippen LogP contribution in [0.1, 0.15) is 31.4 Å². The van der Waals surface area contributed by atoms with Crippen LogP contribution in [0.25, 0.3) is 0 Å². The highest BCUT2D eigenvalue weighted by atomic mass is 16.5. The number of fused-ring (bicyclic) bond motifs is 1. The van der Waals surface area contributed by atoms with Crippen molar-refractivity contribution < 1.29 is 9.53 Å². The SMILES string of the molecule is CC(C)N1CCOC2CN(C(=O)Cc3ccc(C#N)cc3)CCC2C1. The van der Waals surface area contributed by atoms with Gasteiger partial charge in [-0.3, -0.25) is 9.69 Å². The molecule has 2 fully saturated rings. The van der Waals surface area contributed by atoms with Crippen LogP contribution in [0, 0.1) is 17.2 Å². The Labute approximate surface area is 150 Å². The number of carbonyl (C=O) groups excluding carboxylic acids is 1. The van der Waals surface area contributed by atoms with E-state index >= 15 is 0 Å². The second-order valence-corrected chi connectivity index (χ2v) is 7.37. The maximum absolute atomic E-state index is 12.6. The smallest absolute Gasteiger partial charge is 0.227 e. The second-order valence-electron chi connectivity index (χ2n) is 7.37. The monoisotopic (exact) mass is 341 g/mol. The van der Waals surface area contributed by atoms with E-state index < -0.39 is 0 Å². The molecule has 2 aliphatic heterocycles. The molecule has 2 atom stereocenters. The average Bonchev–Trinajstić information content (AvgIpc) is 2.84. The fraction of sp³-hybridized carbons (Fsp3) is 0.600. The Morgan fingerprint density at radius 2 is 2.04 bits per heavy atom. The molecular formula is C20H27N3O2. The van der Waals surface area contributed by atoms with Crippen molar-refractivity contribution in [3.63, 3.8) is 0 Å². The summed E-state index contributed by atoms with van der Waals surface area (Å²) in [7, 11) is 0. The van der Waals surface area contributed by atoms with Gasteiger partial charge in [-0.2, -0.15) is 5.26 Å². The minimum atomic E-state index is 0.150. The van der Waals surface area contributed by atoms with E-state index in [0.717, 1.165) is 38.2 Å². The maximum Gasteiger partial charge on any atom is 0.227 e. The zero-order chi connectivity index (χ0) is 17.8. The summed E-state index contributed by atoms with van der Waals surface area (Å²) in [5, 5.41) is 8.86. The lowest BCUT2D eigenvalue weighted by atomic mass is 9.92. The molecule has 0 saturated carbocycles. The standard InChI is InChI=1S/C20H27N3O2/c1-15(2)22-9-10-25-19-14-23(8-7-18(19)13-22)20(24)11-16-3-5-17(12-21)6-4-16/h3-6,15,18-19H,7-11,13-14H2,1-2H3. The molecule has 134 valence electrons. The van der Waals surface area contributed by atoms with Crippen LogP contribution in [0.3, 0.4) is 0 Å². The van der Waals surface area contributed by atoms with Gasteiger partial charge in [0, 0.05) is 38.1 Å². The molecule has 1 amide bonds. The quantitative estimate of drug-likeness (QED) is 0.844. The highest BCUT2D eigenvalue weighted by Crippen LogP contribution is 2.25. The highest BCUT2D eigenvalue weighted by molar-refractivity contribution is 5.79. The summed E-state index contributed by atoms with van der Waals surface area (Å²) < 4.78 is 6.08. The van der Waals surface area contributed by atoms with Crippen LogP contribution in [0.15, 0.2) is 24.3 Å². The molecule has 0 aromatic heterocycles. The van der Waals surface area contributed by atoms with Gasteiger partial charge in [-0.1, -0.05) is 12.1 Å². The molecule has 2 aliphatic rings. The van der Waals surface area contributed by atoms with E-state index in [1.807, 2.05) is 17.0 Å². The molecule has 2 unspecified atom stereocenters. The van der Waals surface area contributed by atoms with Crippen LogP contribution in [0.4, 0.5) is 0 Å². The molecule has 1 aromatic rings. The highest BCUT2D eigenvalue weighted by Gasteiger charge is 2.35. The van der Waals surface area contributed by atoms with Crippen LogP contribution in [-0.4, -0.2) is 60.6 Å². The van der Waals surface area contributed by atoms with Gasteiger partial charge >= 0.3 is 0 Å². The Balaban J connectivity index is 1.58. The van der Waals surface area contributed by atoms with E-state index in [9.17, 15) is 4.79 Å². The van der Waals surface area contributed by atoms with Crippen molar-refractivity contribution in [3.05, 3.63) is 35.4 Å². The number of carbonyl (C=O) groups is 1. The first-order chi connectivity index (χ1) is 12.1. The zero-order valence-corrected chi connectivity index (χ0v) is 15.1. The molecule has 0 bridgehead atoms. The normalized spacial score (nSPS) is 24.5. The van der Waals surface area contributed by atoms with Gasteiger partial charge in [0.25, 0.3) is 0 Å². The van der Waals surface area contributed by atoms with Gasteiger partial charge in [0.05, 0.1) is 30.8 Å². The molecular weight excluding hydrogens is 314 g/mol. The summed E-state index contributed by atoms with van der Waals surface area (Å²) in [4.78, 5) is 17.1. The summed E-state index contributed by atoms with van der Waals surface area (Å²) >= 11 is 0. The summed E-state index contributed by atoms with van der Waals surface area (Å²) in [5.74, 6) is 0.667. The van der Waals surface area contributed by atoms with E-state index in [-0.39, 0.29) is 12.0 Å². The third-order valence-electron chi connectivity index (χ3n) is 5.40. The number of hydrogen-bond acceptors (Lipinski definition) is 4. The number of hydrogen-bond donors (Lipinski definition) is 0. The van der Waals surface area contributed by atoms with Crippen LogP contribution >= 0.6 is 0 Å². The lowest BCUT2D eigenvalue weighted by Crippen LogP contribution is -2.49. The first-order valence-corrected chi connectivity index (χ1v) is 9.19. The molecule has 0 radical (unpaired) electrons. The van der Waals surface area contributed by atoms with Crippen molar-refractivity contribution >= 4 is 5.91 Å². The first kappa shape index (κ1) is 17.9. The van der Waals surface area contributed by atoms with Crippen molar-refractivity contribution in [3.8, 4) is 6.07 Å². The molecule has 3 rings (SSSR count). The summed E-state index contributed by atoms with van der Waals surface area (Å²) in [6.07, 6.45) is 1.55. The van der Waals surface area contributed by atoms with E-state index in [2.05, 4.69) is 24.8 Å². The Morgan fingerprint density at radius 1 is 1.28 bits per heavy atom. The van der Waals surface area contributed by atoms with Crippen LogP contribution < -0.4 is 0 Å². The first-order valence-electron chi connectivity index (χ1n) is 9.19. The number of benzene rings is 1. The van der Waals surface area contributed by atoms with E-state index in [1.165, 1.54) is 0 Å². The Bertz CT molecular complexity index is 635. The minimum Gasteiger partial charge on any atom is -0.375 e. The lowest BCUT2D eigenvalue weighted by Gasteiger charge is -2.38. The summed E-state index contributed by atoms with van der Waals surface area (Å²) in [6.45, 7) is 8.77. The Hall–Kier alpha value is -1.90. The molecule has 2 heterocycles. The molecule has 1 aromatic carbocycles. The predicted octanol–water partition coefficient (Wildman–Crippen LogP) is 2.06. The zero-order valence-electron chi connectivity index (χ0n) is 15.1. The number of piperidine rings is 1. The van der Waals surface area contributed by atoms with E-state index in [4.69, 9.17) is 10.00 Å². The minimum absolute atomic E-state index is 0.150. The van der Waals surface area contributed by atoms with Crippen LogP contribution in [0.5, 0.6) is 0 Å². The van der Waals surface area contributed by atoms with Crippen molar-refractivity contribution in [2.75, 3.05) is 32.8 Å². The molecule has 0 N–H and O–H groups in total. The maximum atomic E-state index is 12.6.